The molecule has 4 heteroatoms. The van der Waals surface area contributed by atoms with Crippen molar-refractivity contribution in [1.29, 1.82) is 0 Å². The van der Waals surface area contributed by atoms with Gasteiger partial charge in [0, 0.05) is 12.6 Å². The van der Waals surface area contributed by atoms with Gasteiger partial charge in [0.15, 0.2) is 0 Å². The molecular formula is C20H33ClN2O. The van der Waals surface area contributed by atoms with Crippen LogP contribution in [0.3, 0.4) is 0 Å². The second-order valence-corrected chi connectivity index (χ2v) is 7.16. The van der Waals surface area contributed by atoms with E-state index in [0.29, 0.717) is 18.4 Å². The number of hydrogen-bond acceptors (Lipinski definition) is 2. The van der Waals surface area contributed by atoms with Gasteiger partial charge in [-0.05, 0) is 55.8 Å². The Morgan fingerprint density at radius 2 is 1.75 bits per heavy atom. The molecule has 1 aliphatic heterocycles. The zero-order valence-electron chi connectivity index (χ0n) is 15.4. The molecule has 1 fully saturated rings. The van der Waals surface area contributed by atoms with Gasteiger partial charge in [-0.15, -0.1) is 12.4 Å². The number of nitrogens with zero attached hydrogens (tertiary/aromatic N) is 1. The first-order chi connectivity index (χ1) is 11.1. The van der Waals surface area contributed by atoms with E-state index in [-0.39, 0.29) is 18.3 Å². The first-order valence-electron chi connectivity index (χ1n) is 9.18. The molecule has 1 aromatic rings. The lowest BCUT2D eigenvalue weighted by Gasteiger charge is -2.34. The minimum absolute atomic E-state index is 0. The highest BCUT2D eigenvalue weighted by molar-refractivity contribution is 5.85. The van der Waals surface area contributed by atoms with Crippen LogP contribution in [0, 0.1) is 5.92 Å². The van der Waals surface area contributed by atoms with Gasteiger partial charge in [-0.25, -0.2) is 0 Å². The quantitative estimate of drug-likeness (QED) is 0.808. The number of halogens is 1. The largest absolute Gasteiger partial charge is 0.339 e. The van der Waals surface area contributed by atoms with E-state index in [9.17, 15) is 4.79 Å². The second kappa shape index (κ2) is 10.7. The maximum atomic E-state index is 12.8. The van der Waals surface area contributed by atoms with Gasteiger partial charge in [0.05, 0.1) is 6.42 Å². The molecule has 0 spiro atoms. The summed E-state index contributed by atoms with van der Waals surface area (Å²) in [5.41, 5.74) is 2.50. The molecule has 0 atom stereocenters. The third-order valence-electron chi connectivity index (χ3n) is 4.56. The zero-order valence-corrected chi connectivity index (χ0v) is 16.2. The molecule has 0 radical (unpaired) electrons. The van der Waals surface area contributed by atoms with Gasteiger partial charge in [-0.3, -0.25) is 4.79 Å². The summed E-state index contributed by atoms with van der Waals surface area (Å²) < 4.78 is 0. The van der Waals surface area contributed by atoms with E-state index >= 15 is 0 Å². The molecule has 0 aliphatic carbocycles. The maximum absolute atomic E-state index is 12.8. The molecule has 0 aromatic heterocycles. The Morgan fingerprint density at radius 1 is 1.17 bits per heavy atom. The fraction of sp³-hybridized carbons (Fsp3) is 0.650. The SMILES string of the molecule is CCCN(C(=O)Cc1ccc(CC(C)C)cc1)C1CCNCC1.Cl. The van der Waals surface area contributed by atoms with Crippen molar-refractivity contribution in [2.75, 3.05) is 19.6 Å². The zero-order chi connectivity index (χ0) is 16.7. The third-order valence-corrected chi connectivity index (χ3v) is 4.56. The first-order valence-corrected chi connectivity index (χ1v) is 9.18. The van der Waals surface area contributed by atoms with Crippen molar-refractivity contribution < 1.29 is 4.79 Å². The summed E-state index contributed by atoms with van der Waals surface area (Å²) in [5.74, 6) is 0.956. The third kappa shape index (κ3) is 6.45. The van der Waals surface area contributed by atoms with Crippen LogP contribution in [0.2, 0.25) is 0 Å². The van der Waals surface area contributed by atoms with E-state index in [1.54, 1.807) is 0 Å². The summed E-state index contributed by atoms with van der Waals surface area (Å²) in [6.45, 7) is 9.57. The van der Waals surface area contributed by atoms with Crippen LogP contribution in [0.1, 0.15) is 51.2 Å². The van der Waals surface area contributed by atoms with Crippen LogP contribution < -0.4 is 5.32 Å². The fourth-order valence-corrected chi connectivity index (χ4v) is 3.41. The van der Waals surface area contributed by atoms with Gasteiger partial charge in [-0.2, -0.15) is 0 Å². The normalized spacial score (nSPS) is 15.2. The number of carbonyl (C=O) groups is 1. The van der Waals surface area contributed by atoms with Crippen molar-refractivity contribution in [2.45, 2.75) is 58.9 Å². The monoisotopic (exact) mass is 352 g/mol. The van der Waals surface area contributed by atoms with Crippen molar-refractivity contribution in [3.05, 3.63) is 35.4 Å². The molecular weight excluding hydrogens is 320 g/mol. The maximum Gasteiger partial charge on any atom is 0.227 e. The molecule has 24 heavy (non-hydrogen) atoms. The van der Waals surface area contributed by atoms with Crippen LogP contribution in [0.15, 0.2) is 24.3 Å². The molecule has 1 aromatic carbocycles. The Balaban J connectivity index is 0.00000288. The van der Waals surface area contributed by atoms with Gasteiger partial charge >= 0.3 is 0 Å². The summed E-state index contributed by atoms with van der Waals surface area (Å²) in [7, 11) is 0. The lowest BCUT2D eigenvalue weighted by Crippen LogP contribution is -2.47. The average Bonchev–Trinajstić information content (AvgIpc) is 2.54. The molecule has 3 nitrogen and oxygen atoms in total. The fourth-order valence-electron chi connectivity index (χ4n) is 3.41. The predicted octanol–water partition coefficient (Wildman–Crippen LogP) is 3.84. The van der Waals surface area contributed by atoms with Crippen molar-refractivity contribution >= 4 is 18.3 Å². The van der Waals surface area contributed by atoms with Crippen molar-refractivity contribution in [2.24, 2.45) is 5.92 Å². The van der Waals surface area contributed by atoms with Gasteiger partial charge in [0.2, 0.25) is 5.91 Å². The molecule has 0 bridgehead atoms. The number of hydrogen-bond donors (Lipinski definition) is 1. The van der Waals surface area contributed by atoms with Crippen LogP contribution in [-0.4, -0.2) is 36.5 Å². The lowest BCUT2D eigenvalue weighted by molar-refractivity contribution is -0.133. The highest BCUT2D eigenvalue weighted by Gasteiger charge is 2.24. The van der Waals surface area contributed by atoms with Gasteiger partial charge in [0.25, 0.3) is 0 Å². The summed E-state index contributed by atoms with van der Waals surface area (Å²) in [5, 5.41) is 3.38. The molecule has 1 heterocycles. The van der Waals surface area contributed by atoms with E-state index in [2.05, 4.69) is 55.3 Å². The van der Waals surface area contributed by atoms with Crippen LogP contribution >= 0.6 is 12.4 Å². The molecule has 1 saturated heterocycles. The Labute approximate surface area is 153 Å². The number of carbonyl (C=O) groups excluding carboxylic acids is 1. The Hall–Kier alpha value is -1.06. The van der Waals surface area contributed by atoms with E-state index in [1.165, 1.54) is 5.56 Å². The second-order valence-electron chi connectivity index (χ2n) is 7.16. The minimum Gasteiger partial charge on any atom is -0.339 e. The van der Waals surface area contributed by atoms with Crippen molar-refractivity contribution in [1.82, 2.24) is 10.2 Å². The molecule has 1 N–H and O–H groups in total. The van der Waals surface area contributed by atoms with Crippen LogP contribution in [-0.2, 0) is 17.6 Å². The minimum atomic E-state index is 0. The van der Waals surface area contributed by atoms with Crippen molar-refractivity contribution in [3.63, 3.8) is 0 Å². The summed E-state index contributed by atoms with van der Waals surface area (Å²) in [4.78, 5) is 14.9. The van der Waals surface area contributed by atoms with E-state index in [0.717, 1.165) is 50.9 Å². The highest BCUT2D eigenvalue weighted by Crippen LogP contribution is 2.16. The van der Waals surface area contributed by atoms with Gasteiger partial charge in [-0.1, -0.05) is 45.0 Å². The summed E-state index contributed by atoms with van der Waals surface area (Å²) in [6, 6.07) is 9.03. The lowest BCUT2D eigenvalue weighted by atomic mass is 10.00. The van der Waals surface area contributed by atoms with Crippen LogP contribution in [0.4, 0.5) is 0 Å². The number of rotatable bonds is 7. The first kappa shape index (κ1) is 21.0. The molecule has 0 unspecified atom stereocenters. The summed E-state index contributed by atoms with van der Waals surface area (Å²) >= 11 is 0. The average molecular weight is 353 g/mol. The highest BCUT2D eigenvalue weighted by atomic mass is 35.5. The number of amides is 1. The molecule has 136 valence electrons. The number of benzene rings is 1. The van der Waals surface area contributed by atoms with Gasteiger partial charge < -0.3 is 10.2 Å². The summed E-state index contributed by atoms with van der Waals surface area (Å²) in [6.07, 6.45) is 4.83. The van der Waals surface area contributed by atoms with Gasteiger partial charge in [0.1, 0.15) is 0 Å². The Bertz CT molecular complexity index is 481. The van der Waals surface area contributed by atoms with E-state index in [1.807, 2.05) is 0 Å². The topological polar surface area (TPSA) is 32.3 Å². The van der Waals surface area contributed by atoms with Crippen LogP contribution in [0.25, 0.3) is 0 Å². The Kier molecular flexibility index (Phi) is 9.38. The molecule has 2 rings (SSSR count). The predicted molar refractivity (Wildman–Crippen MR) is 104 cm³/mol. The smallest absolute Gasteiger partial charge is 0.227 e. The van der Waals surface area contributed by atoms with E-state index in [4.69, 9.17) is 0 Å². The van der Waals surface area contributed by atoms with E-state index < -0.39 is 0 Å². The van der Waals surface area contributed by atoms with Crippen molar-refractivity contribution in [3.8, 4) is 0 Å². The molecule has 1 amide bonds. The molecule has 1 aliphatic rings. The Morgan fingerprint density at radius 3 is 2.29 bits per heavy atom. The van der Waals surface area contributed by atoms with Crippen LogP contribution in [0.5, 0.6) is 0 Å². The number of piperidine rings is 1. The molecule has 0 saturated carbocycles. The standard InChI is InChI=1S/C20H32N2O.ClH/c1-4-13-22(19-9-11-21-12-10-19)20(23)15-18-7-5-17(6-8-18)14-16(2)3;/h5-8,16,19,21H,4,9-15H2,1-3H3;1H. The number of nitrogens with one attached hydrogen (secondary N) is 1.